The van der Waals surface area contributed by atoms with Gasteiger partial charge in [0.1, 0.15) is 0 Å². The Morgan fingerprint density at radius 1 is 0.906 bits per heavy atom. The van der Waals surface area contributed by atoms with Gasteiger partial charge in [-0.15, -0.1) is 0 Å². The van der Waals surface area contributed by atoms with Crippen LogP contribution in [0, 0.1) is 0 Å². The van der Waals surface area contributed by atoms with E-state index in [1.807, 2.05) is 36.9 Å². The molecule has 1 aliphatic rings. The fourth-order valence-electron chi connectivity index (χ4n) is 4.38. The number of rotatable bonds is 7. The summed E-state index contributed by atoms with van der Waals surface area (Å²) in [4.78, 5) is 25.5. The predicted molar refractivity (Wildman–Crippen MR) is 128 cm³/mol. The molecule has 6 heteroatoms. The summed E-state index contributed by atoms with van der Waals surface area (Å²) in [6.45, 7) is 2.33. The molecule has 164 valence electrons. The maximum atomic E-state index is 12.9. The third kappa shape index (κ3) is 4.22. The van der Waals surface area contributed by atoms with Crippen LogP contribution in [0.15, 0.2) is 72.8 Å². The van der Waals surface area contributed by atoms with Gasteiger partial charge < -0.3 is 0 Å². The average Bonchev–Trinajstić information content (AvgIpc) is 3.08. The standard InChI is InChI=1S/C26H24AsClO4/c1-3-31-25(30)27(2)16-26(17-32-24(29)18-9-8-10-19(28)15-18)22-13-6-4-11-20(22)21-12-5-7-14-23(21)26/h4-15H,3,16-17H2,1-2H3. The summed E-state index contributed by atoms with van der Waals surface area (Å²) in [7, 11) is 0. The Bertz CT molecular complexity index is 1110. The number of halogens is 1. The minimum atomic E-state index is -2.05. The molecule has 0 N–H and O–H groups in total. The van der Waals surface area contributed by atoms with E-state index in [2.05, 4.69) is 24.3 Å². The van der Waals surface area contributed by atoms with Crippen LogP contribution >= 0.6 is 11.6 Å². The molecule has 0 spiro atoms. The Morgan fingerprint density at radius 3 is 2.12 bits per heavy atom. The first-order valence-corrected chi connectivity index (χ1v) is 15.0. The summed E-state index contributed by atoms with van der Waals surface area (Å²) in [5, 5.41) is 1.09. The minimum absolute atomic E-state index is 0.109. The molecule has 1 aliphatic carbocycles. The van der Waals surface area contributed by atoms with Crippen molar-refractivity contribution < 1.29 is 19.1 Å². The molecular formula is C26H24AsClO4. The zero-order chi connectivity index (χ0) is 22.7. The van der Waals surface area contributed by atoms with E-state index in [0.29, 0.717) is 22.4 Å². The molecule has 0 radical (unpaired) electrons. The SMILES string of the molecule is CCOC(=O)[As](C)CC1(COC(=O)c2cccc(Cl)c2)c2ccccc2-c2ccccc21. The van der Waals surface area contributed by atoms with Gasteiger partial charge in [0.25, 0.3) is 0 Å². The molecular weight excluding hydrogens is 487 g/mol. The average molecular weight is 511 g/mol. The van der Waals surface area contributed by atoms with Gasteiger partial charge in [-0.2, -0.15) is 0 Å². The molecule has 0 bridgehead atoms. The van der Waals surface area contributed by atoms with Gasteiger partial charge in [0.15, 0.2) is 0 Å². The van der Waals surface area contributed by atoms with Crippen molar-refractivity contribution in [3.05, 3.63) is 94.5 Å². The van der Waals surface area contributed by atoms with E-state index in [1.54, 1.807) is 24.3 Å². The molecule has 4 nitrogen and oxygen atoms in total. The first-order valence-electron chi connectivity index (χ1n) is 10.5. The molecule has 0 aromatic heterocycles. The second kappa shape index (κ2) is 9.52. The topological polar surface area (TPSA) is 52.6 Å². The third-order valence-corrected chi connectivity index (χ3v) is 9.71. The van der Waals surface area contributed by atoms with Crippen LogP contribution in [0.5, 0.6) is 0 Å². The van der Waals surface area contributed by atoms with Crippen molar-refractivity contribution in [3.63, 3.8) is 0 Å². The quantitative estimate of drug-likeness (QED) is 0.275. The van der Waals surface area contributed by atoms with Gasteiger partial charge >= 0.3 is 198 Å². The summed E-state index contributed by atoms with van der Waals surface area (Å²) >= 11 is 4.01. The summed E-state index contributed by atoms with van der Waals surface area (Å²) in [6, 6.07) is 23.1. The van der Waals surface area contributed by atoms with Crippen molar-refractivity contribution in [1.82, 2.24) is 0 Å². The third-order valence-electron chi connectivity index (χ3n) is 5.77. The molecule has 3 aromatic carbocycles. The van der Waals surface area contributed by atoms with E-state index in [1.165, 1.54) is 0 Å². The van der Waals surface area contributed by atoms with Crippen LogP contribution in [-0.4, -0.2) is 38.6 Å². The zero-order valence-corrected chi connectivity index (χ0v) is 20.6. The molecule has 32 heavy (non-hydrogen) atoms. The second-order valence-electron chi connectivity index (χ2n) is 7.81. The Balaban J connectivity index is 1.74. The molecule has 1 unspecified atom stereocenters. The number of fused-ring (bicyclic) bond motifs is 3. The molecule has 0 saturated heterocycles. The summed E-state index contributed by atoms with van der Waals surface area (Å²) < 4.78 is 11.1. The van der Waals surface area contributed by atoms with Crippen LogP contribution in [0.3, 0.4) is 0 Å². The second-order valence-corrected chi connectivity index (χ2v) is 12.6. The van der Waals surface area contributed by atoms with Crippen LogP contribution in [0.25, 0.3) is 11.1 Å². The summed E-state index contributed by atoms with van der Waals surface area (Å²) in [6.07, 6.45) is 0. The van der Waals surface area contributed by atoms with E-state index in [9.17, 15) is 9.59 Å². The van der Waals surface area contributed by atoms with Crippen LogP contribution in [0.2, 0.25) is 15.9 Å². The van der Waals surface area contributed by atoms with Crippen molar-refractivity contribution in [2.75, 3.05) is 13.2 Å². The number of hydrogen-bond donors (Lipinski definition) is 0. The maximum absolute atomic E-state index is 12.9. The van der Waals surface area contributed by atoms with E-state index in [4.69, 9.17) is 21.1 Å². The van der Waals surface area contributed by atoms with Crippen molar-refractivity contribution in [1.29, 1.82) is 0 Å². The van der Waals surface area contributed by atoms with E-state index < -0.39 is 26.0 Å². The Morgan fingerprint density at radius 2 is 1.53 bits per heavy atom. The number of benzene rings is 3. The number of ether oxygens (including phenoxy) is 2. The van der Waals surface area contributed by atoms with Crippen molar-refractivity contribution >= 4 is 37.0 Å². The fraction of sp³-hybridized carbons (Fsp3) is 0.231. The van der Waals surface area contributed by atoms with E-state index in [0.717, 1.165) is 22.3 Å². The van der Waals surface area contributed by atoms with Crippen LogP contribution < -0.4 is 0 Å². The van der Waals surface area contributed by atoms with Gasteiger partial charge in [0.05, 0.1) is 0 Å². The molecule has 0 fully saturated rings. The van der Waals surface area contributed by atoms with Crippen molar-refractivity contribution in [2.45, 2.75) is 23.3 Å². The zero-order valence-electron chi connectivity index (χ0n) is 18.0. The summed E-state index contributed by atoms with van der Waals surface area (Å²) in [5.74, 6) is -0.431. The molecule has 4 rings (SSSR count). The Hall–Kier alpha value is -2.55. The van der Waals surface area contributed by atoms with Crippen LogP contribution in [-0.2, 0) is 14.9 Å². The monoisotopic (exact) mass is 510 g/mol. The van der Waals surface area contributed by atoms with Crippen molar-refractivity contribution in [2.24, 2.45) is 0 Å². The molecule has 0 saturated carbocycles. The van der Waals surface area contributed by atoms with E-state index >= 15 is 0 Å². The Labute approximate surface area is 197 Å². The first-order chi connectivity index (χ1) is 15.5. The van der Waals surface area contributed by atoms with Gasteiger partial charge in [-0.05, 0) is 0 Å². The molecule has 3 aromatic rings. The van der Waals surface area contributed by atoms with Crippen LogP contribution in [0.1, 0.15) is 28.4 Å². The van der Waals surface area contributed by atoms with Gasteiger partial charge in [-0.3, -0.25) is 0 Å². The number of carbonyl (C=O) groups excluding carboxylic acids is 2. The van der Waals surface area contributed by atoms with Crippen LogP contribution in [0.4, 0.5) is 4.79 Å². The normalized spacial score (nSPS) is 14.2. The van der Waals surface area contributed by atoms with Gasteiger partial charge in [0, 0.05) is 0 Å². The van der Waals surface area contributed by atoms with Gasteiger partial charge in [-0.1, -0.05) is 0 Å². The number of carbonyl (C=O) groups is 2. The van der Waals surface area contributed by atoms with Gasteiger partial charge in [-0.25, -0.2) is 0 Å². The van der Waals surface area contributed by atoms with Crippen molar-refractivity contribution in [3.8, 4) is 11.1 Å². The molecule has 0 aliphatic heterocycles. The first kappa shape index (κ1) is 22.6. The summed E-state index contributed by atoms with van der Waals surface area (Å²) in [5.41, 5.74) is 6.24. The molecule has 0 heterocycles. The number of hydrogen-bond acceptors (Lipinski definition) is 4. The molecule has 1 atom stereocenters. The van der Waals surface area contributed by atoms with E-state index in [-0.39, 0.29) is 11.4 Å². The Kier molecular flexibility index (Phi) is 6.73. The molecule has 0 amide bonds. The predicted octanol–water partition coefficient (Wildman–Crippen LogP) is 6.33. The fourth-order valence-corrected chi connectivity index (χ4v) is 8.18. The van der Waals surface area contributed by atoms with Gasteiger partial charge in [0.2, 0.25) is 0 Å². The number of esters is 1.